The Kier molecular flexibility index (Phi) is 4.71. The minimum atomic E-state index is 0.648. The SMILES string of the molecule is CCC(C)N[C@@H](C)C(C)C. The quantitative estimate of drug-likeness (QED) is 0.637. The molecule has 0 rings (SSSR count). The van der Waals surface area contributed by atoms with Crippen molar-refractivity contribution in [1.82, 2.24) is 5.32 Å². The fourth-order valence-corrected chi connectivity index (χ4v) is 0.759. The Morgan fingerprint density at radius 3 is 1.90 bits per heavy atom. The Morgan fingerprint density at radius 1 is 1.10 bits per heavy atom. The maximum Gasteiger partial charge on any atom is 0.00642 e. The van der Waals surface area contributed by atoms with Crippen LogP contribution in [0.5, 0.6) is 0 Å². The number of hydrogen-bond acceptors (Lipinski definition) is 1. The van der Waals surface area contributed by atoms with Crippen LogP contribution in [0.15, 0.2) is 0 Å². The van der Waals surface area contributed by atoms with Gasteiger partial charge in [0.05, 0.1) is 0 Å². The highest BCUT2D eigenvalue weighted by molar-refractivity contribution is 4.68. The van der Waals surface area contributed by atoms with E-state index in [2.05, 4.69) is 39.9 Å². The molecule has 0 spiro atoms. The molecule has 1 nitrogen and oxygen atoms in total. The molecule has 0 aromatic rings. The molecule has 0 saturated heterocycles. The summed E-state index contributed by atoms with van der Waals surface area (Å²) in [5.74, 6) is 0.744. The second-order valence-corrected chi connectivity index (χ2v) is 3.51. The van der Waals surface area contributed by atoms with Gasteiger partial charge in [-0.2, -0.15) is 0 Å². The zero-order chi connectivity index (χ0) is 8.15. The third-order valence-corrected chi connectivity index (χ3v) is 2.16. The Balaban J connectivity index is 3.46. The molecule has 0 heterocycles. The van der Waals surface area contributed by atoms with Crippen molar-refractivity contribution in [3.63, 3.8) is 0 Å². The summed E-state index contributed by atoms with van der Waals surface area (Å²) in [7, 11) is 0. The summed E-state index contributed by atoms with van der Waals surface area (Å²) < 4.78 is 0. The summed E-state index contributed by atoms with van der Waals surface area (Å²) in [6, 6.07) is 1.31. The summed E-state index contributed by atoms with van der Waals surface area (Å²) >= 11 is 0. The van der Waals surface area contributed by atoms with Crippen molar-refractivity contribution in [1.29, 1.82) is 0 Å². The zero-order valence-electron chi connectivity index (χ0n) is 7.94. The van der Waals surface area contributed by atoms with E-state index in [0.29, 0.717) is 12.1 Å². The van der Waals surface area contributed by atoms with Gasteiger partial charge in [0.15, 0.2) is 0 Å². The Hall–Kier alpha value is -0.0400. The Labute approximate surface area is 65.2 Å². The molecule has 0 saturated carbocycles. The lowest BCUT2D eigenvalue weighted by molar-refractivity contribution is 0.378. The standard InChI is InChI=1S/C9H21N/c1-6-8(4)10-9(5)7(2)3/h7-10H,6H2,1-5H3/t8?,9-/m0/s1. The third-order valence-electron chi connectivity index (χ3n) is 2.16. The fourth-order valence-electron chi connectivity index (χ4n) is 0.759. The molecule has 0 bridgehead atoms. The average molecular weight is 143 g/mol. The maximum atomic E-state index is 3.53. The normalized spacial score (nSPS) is 17.4. The summed E-state index contributed by atoms with van der Waals surface area (Å²) in [4.78, 5) is 0. The highest BCUT2D eigenvalue weighted by atomic mass is 14.9. The molecule has 2 atom stereocenters. The lowest BCUT2D eigenvalue weighted by Gasteiger charge is -2.21. The molecule has 1 unspecified atom stereocenters. The molecule has 0 radical (unpaired) electrons. The highest BCUT2D eigenvalue weighted by Gasteiger charge is 2.08. The Morgan fingerprint density at radius 2 is 1.60 bits per heavy atom. The van der Waals surface area contributed by atoms with E-state index in [0.717, 1.165) is 5.92 Å². The lowest BCUT2D eigenvalue weighted by atomic mass is 10.1. The second kappa shape index (κ2) is 4.73. The van der Waals surface area contributed by atoms with Gasteiger partial charge in [-0.3, -0.25) is 0 Å². The van der Waals surface area contributed by atoms with Gasteiger partial charge < -0.3 is 5.32 Å². The molecular formula is C9H21N. The van der Waals surface area contributed by atoms with Crippen molar-refractivity contribution >= 4 is 0 Å². The summed E-state index contributed by atoms with van der Waals surface area (Å²) in [5, 5.41) is 3.53. The predicted molar refractivity (Wildman–Crippen MR) is 47.2 cm³/mol. The van der Waals surface area contributed by atoms with Gasteiger partial charge in [0.2, 0.25) is 0 Å². The van der Waals surface area contributed by atoms with Crippen LogP contribution in [-0.4, -0.2) is 12.1 Å². The number of hydrogen-bond donors (Lipinski definition) is 1. The van der Waals surface area contributed by atoms with Crippen LogP contribution in [0.2, 0.25) is 0 Å². The van der Waals surface area contributed by atoms with Gasteiger partial charge in [0.1, 0.15) is 0 Å². The molecule has 0 aromatic carbocycles. The van der Waals surface area contributed by atoms with Crippen LogP contribution in [0.1, 0.15) is 41.0 Å². The van der Waals surface area contributed by atoms with Crippen LogP contribution in [0.3, 0.4) is 0 Å². The van der Waals surface area contributed by atoms with Crippen molar-refractivity contribution in [2.24, 2.45) is 5.92 Å². The molecule has 0 amide bonds. The van der Waals surface area contributed by atoms with Gasteiger partial charge in [-0.15, -0.1) is 0 Å². The molecular weight excluding hydrogens is 122 g/mol. The van der Waals surface area contributed by atoms with Gasteiger partial charge in [0.25, 0.3) is 0 Å². The topological polar surface area (TPSA) is 12.0 Å². The first-order valence-electron chi connectivity index (χ1n) is 4.34. The monoisotopic (exact) mass is 143 g/mol. The first kappa shape index (κ1) is 9.96. The average Bonchev–Trinajstić information content (AvgIpc) is 1.87. The number of nitrogens with one attached hydrogen (secondary N) is 1. The maximum absolute atomic E-state index is 3.53. The van der Waals surface area contributed by atoms with Crippen molar-refractivity contribution in [3.8, 4) is 0 Å². The van der Waals surface area contributed by atoms with E-state index >= 15 is 0 Å². The minimum absolute atomic E-state index is 0.648. The largest absolute Gasteiger partial charge is 0.312 e. The third kappa shape index (κ3) is 3.89. The van der Waals surface area contributed by atoms with E-state index in [1.54, 1.807) is 0 Å². The summed E-state index contributed by atoms with van der Waals surface area (Å²) in [6.07, 6.45) is 1.22. The zero-order valence-corrected chi connectivity index (χ0v) is 7.94. The van der Waals surface area contributed by atoms with E-state index in [1.165, 1.54) is 6.42 Å². The van der Waals surface area contributed by atoms with Crippen LogP contribution in [0, 0.1) is 5.92 Å². The summed E-state index contributed by atoms with van der Waals surface area (Å²) in [6.45, 7) is 11.2. The van der Waals surface area contributed by atoms with Gasteiger partial charge in [-0.05, 0) is 26.2 Å². The summed E-state index contributed by atoms with van der Waals surface area (Å²) in [5.41, 5.74) is 0. The van der Waals surface area contributed by atoms with Crippen LogP contribution in [-0.2, 0) is 0 Å². The van der Waals surface area contributed by atoms with Crippen LogP contribution in [0.4, 0.5) is 0 Å². The highest BCUT2D eigenvalue weighted by Crippen LogP contribution is 2.01. The number of rotatable bonds is 4. The van der Waals surface area contributed by atoms with E-state index < -0.39 is 0 Å². The van der Waals surface area contributed by atoms with E-state index in [4.69, 9.17) is 0 Å². The predicted octanol–water partition coefficient (Wildman–Crippen LogP) is 2.42. The first-order valence-corrected chi connectivity index (χ1v) is 4.34. The van der Waals surface area contributed by atoms with Crippen molar-refractivity contribution < 1.29 is 0 Å². The molecule has 0 aliphatic heterocycles. The van der Waals surface area contributed by atoms with E-state index in [1.807, 2.05) is 0 Å². The molecule has 0 fully saturated rings. The smallest absolute Gasteiger partial charge is 0.00642 e. The first-order chi connectivity index (χ1) is 4.57. The fraction of sp³-hybridized carbons (Fsp3) is 1.00. The van der Waals surface area contributed by atoms with Gasteiger partial charge in [-0.25, -0.2) is 0 Å². The van der Waals surface area contributed by atoms with Crippen LogP contribution in [0.25, 0.3) is 0 Å². The van der Waals surface area contributed by atoms with Gasteiger partial charge in [0, 0.05) is 12.1 Å². The van der Waals surface area contributed by atoms with Crippen LogP contribution < -0.4 is 5.32 Å². The molecule has 0 aliphatic carbocycles. The Bertz CT molecular complexity index is 78.8. The molecule has 1 N–H and O–H groups in total. The van der Waals surface area contributed by atoms with Crippen LogP contribution >= 0.6 is 0 Å². The molecule has 0 aromatic heterocycles. The molecule has 1 heteroatoms. The van der Waals surface area contributed by atoms with Crippen molar-refractivity contribution in [3.05, 3.63) is 0 Å². The van der Waals surface area contributed by atoms with E-state index in [9.17, 15) is 0 Å². The molecule has 0 aliphatic rings. The van der Waals surface area contributed by atoms with Crippen molar-refractivity contribution in [2.45, 2.75) is 53.1 Å². The van der Waals surface area contributed by atoms with Gasteiger partial charge in [-0.1, -0.05) is 20.8 Å². The van der Waals surface area contributed by atoms with Crippen molar-refractivity contribution in [2.75, 3.05) is 0 Å². The minimum Gasteiger partial charge on any atom is -0.312 e. The van der Waals surface area contributed by atoms with Gasteiger partial charge >= 0.3 is 0 Å². The lowest BCUT2D eigenvalue weighted by Crippen LogP contribution is -2.37. The molecule has 62 valence electrons. The molecule has 10 heavy (non-hydrogen) atoms. The second-order valence-electron chi connectivity index (χ2n) is 3.51. The van der Waals surface area contributed by atoms with E-state index in [-0.39, 0.29) is 0 Å².